The first-order chi connectivity index (χ1) is 7.27. The topological polar surface area (TPSA) is 110 Å². The van der Waals surface area contributed by atoms with Crippen molar-refractivity contribution in [2.24, 2.45) is 0 Å². The second-order valence-corrected chi connectivity index (χ2v) is 3.34. The number of amides is 1. The Hall–Kier alpha value is -1.96. The highest BCUT2D eigenvalue weighted by Crippen LogP contribution is 2.05. The Morgan fingerprint density at radius 2 is 2.47 bits per heavy atom. The van der Waals surface area contributed by atoms with Gasteiger partial charge in [-0.1, -0.05) is 0 Å². The first kappa shape index (κ1) is 9.59. The predicted molar refractivity (Wildman–Crippen MR) is 54.1 cm³/mol. The molecule has 8 heteroatoms. The van der Waals surface area contributed by atoms with Crippen molar-refractivity contribution < 1.29 is 4.79 Å². The number of nitrogens with two attached hydrogens (primary N) is 1. The molecular weight excluding hydrogens is 216 g/mol. The van der Waals surface area contributed by atoms with E-state index in [9.17, 15) is 4.79 Å². The molecule has 0 aliphatic rings. The van der Waals surface area contributed by atoms with Gasteiger partial charge in [0.2, 0.25) is 0 Å². The van der Waals surface area contributed by atoms with E-state index in [2.05, 4.69) is 24.3 Å². The maximum atomic E-state index is 11.4. The van der Waals surface area contributed by atoms with Crippen molar-refractivity contribution in [3.8, 4) is 0 Å². The summed E-state index contributed by atoms with van der Waals surface area (Å²) >= 11 is 0.990. The molecule has 0 atom stereocenters. The van der Waals surface area contributed by atoms with Gasteiger partial charge in [0.1, 0.15) is 5.82 Å². The first-order valence-corrected chi connectivity index (χ1v) is 4.84. The lowest BCUT2D eigenvalue weighted by atomic mass is 10.3. The summed E-state index contributed by atoms with van der Waals surface area (Å²) in [4.78, 5) is 11.4. The number of carbonyl (C=O) groups excluding carboxylic acids is 1. The smallest absolute Gasteiger partial charge is 0.272 e. The molecule has 1 amide bonds. The summed E-state index contributed by atoms with van der Waals surface area (Å²) in [6.45, 7) is 0.318. The molecule has 0 aliphatic carbocycles. The summed E-state index contributed by atoms with van der Waals surface area (Å²) in [5.74, 6) is 0.177. The summed E-state index contributed by atoms with van der Waals surface area (Å²) < 4.78 is 7.53. The molecule has 2 aromatic rings. The molecule has 0 bridgehead atoms. The number of rotatable bonds is 3. The minimum atomic E-state index is -0.274. The van der Waals surface area contributed by atoms with Gasteiger partial charge in [0.25, 0.3) is 5.91 Å². The largest absolute Gasteiger partial charge is 0.384 e. The Bertz CT molecular complexity index is 450. The zero-order chi connectivity index (χ0) is 10.7. The van der Waals surface area contributed by atoms with Crippen LogP contribution in [0, 0.1) is 0 Å². The summed E-state index contributed by atoms with van der Waals surface area (Å²) in [6.07, 6.45) is 2.98. The van der Waals surface area contributed by atoms with Gasteiger partial charge in [0, 0.05) is 12.1 Å². The molecule has 2 aromatic heterocycles. The van der Waals surface area contributed by atoms with E-state index >= 15 is 0 Å². The minimum Gasteiger partial charge on any atom is -0.384 e. The molecule has 0 unspecified atom stereocenters. The van der Waals surface area contributed by atoms with E-state index in [1.165, 1.54) is 6.20 Å². The summed E-state index contributed by atoms with van der Waals surface area (Å²) in [7, 11) is 0. The Morgan fingerprint density at radius 1 is 1.60 bits per heavy atom. The second-order valence-electron chi connectivity index (χ2n) is 2.78. The van der Waals surface area contributed by atoms with Crippen LogP contribution in [0.1, 0.15) is 16.1 Å². The fourth-order valence-corrected chi connectivity index (χ4v) is 1.40. The summed E-state index contributed by atoms with van der Waals surface area (Å²) in [5.41, 5.74) is 6.60. The fourth-order valence-electron chi connectivity index (χ4n) is 0.993. The number of hydrogen-bond acceptors (Lipinski definition) is 6. The molecule has 0 radical (unpaired) electrons. The van der Waals surface area contributed by atoms with Crippen molar-refractivity contribution in [2.75, 3.05) is 5.73 Å². The van der Waals surface area contributed by atoms with Crippen LogP contribution in [0.5, 0.6) is 0 Å². The molecule has 2 heterocycles. The van der Waals surface area contributed by atoms with Crippen LogP contribution in [0.3, 0.4) is 0 Å². The predicted octanol–water partition coefficient (Wildman–Crippen LogP) is -0.227. The maximum Gasteiger partial charge on any atom is 0.272 e. The van der Waals surface area contributed by atoms with Crippen LogP contribution < -0.4 is 11.1 Å². The van der Waals surface area contributed by atoms with E-state index in [1.54, 1.807) is 6.20 Å². The summed E-state index contributed by atoms with van der Waals surface area (Å²) in [6, 6.07) is 0. The molecule has 2 rings (SSSR count). The van der Waals surface area contributed by atoms with Crippen LogP contribution in [0.15, 0.2) is 12.4 Å². The van der Waals surface area contributed by atoms with Gasteiger partial charge in [-0.05, 0) is 0 Å². The molecule has 4 N–H and O–H groups in total. The third-order valence-corrected chi connectivity index (χ3v) is 2.26. The molecule has 0 saturated heterocycles. The van der Waals surface area contributed by atoms with Crippen molar-refractivity contribution >= 4 is 23.5 Å². The molecule has 78 valence electrons. The van der Waals surface area contributed by atoms with Gasteiger partial charge in [-0.2, -0.15) is 13.8 Å². The van der Waals surface area contributed by atoms with E-state index in [-0.39, 0.29) is 5.91 Å². The lowest BCUT2D eigenvalue weighted by Gasteiger charge is -2.00. The average molecular weight is 224 g/mol. The molecule has 0 aromatic carbocycles. The number of H-pyrrole nitrogens is 1. The SMILES string of the molecule is Nc1[nH]ncc1CNC(=O)c1cnsn1. The minimum absolute atomic E-state index is 0.274. The van der Waals surface area contributed by atoms with Crippen LogP contribution in [0.4, 0.5) is 5.82 Å². The molecule has 0 aliphatic heterocycles. The molecule has 0 spiro atoms. The van der Waals surface area contributed by atoms with Crippen LogP contribution in [0.25, 0.3) is 0 Å². The lowest BCUT2D eigenvalue weighted by Crippen LogP contribution is -2.23. The fraction of sp³-hybridized carbons (Fsp3) is 0.143. The number of nitrogens with one attached hydrogen (secondary N) is 2. The van der Waals surface area contributed by atoms with E-state index in [1.807, 2.05) is 0 Å². The van der Waals surface area contributed by atoms with Crippen molar-refractivity contribution in [3.63, 3.8) is 0 Å². The third kappa shape index (κ3) is 2.10. The lowest BCUT2D eigenvalue weighted by molar-refractivity contribution is 0.0947. The number of aromatic amines is 1. The first-order valence-electron chi connectivity index (χ1n) is 4.11. The molecular formula is C7H8N6OS. The number of hydrogen-bond donors (Lipinski definition) is 3. The van der Waals surface area contributed by atoms with Gasteiger partial charge in [-0.15, -0.1) is 0 Å². The van der Waals surface area contributed by atoms with Crippen LogP contribution in [-0.4, -0.2) is 24.9 Å². The zero-order valence-electron chi connectivity index (χ0n) is 7.60. The normalized spacial score (nSPS) is 10.1. The highest BCUT2D eigenvalue weighted by molar-refractivity contribution is 6.99. The highest BCUT2D eigenvalue weighted by Gasteiger charge is 2.09. The highest BCUT2D eigenvalue weighted by atomic mass is 32.1. The second kappa shape index (κ2) is 4.05. The number of aromatic nitrogens is 4. The van der Waals surface area contributed by atoms with E-state index in [0.29, 0.717) is 18.1 Å². The van der Waals surface area contributed by atoms with Gasteiger partial charge >= 0.3 is 0 Å². The molecule has 0 fully saturated rings. The summed E-state index contributed by atoms with van der Waals surface area (Å²) in [5, 5.41) is 8.97. The zero-order valence-corrected chi connectivity index (χ0v) is 8.41. The van der Waals surface area contributed by atoms with Gasteiger partial charge in [0.05, 0.1) is 24.1 Å². The Labute approximate surface area is 89.0 Å². The number of nitrogen functional groups attached to an aromatic ring is 1. The Morgan fingerprint density at radius 3 is 3.07 bits per heavy atom. The number of nitrogens with zero attached hydrogens (tertiary/aromatic N) is 3. The van der Waals surface area contributed by atoms with Gasteiger partial charge < -0.3 is 11.1 Å². The van der Waals surface area contributed by atoms with Crippen molar-refractivity contribution in [1.82, 2.24) is 24.3 Å². The van der Waals surface area contributed by atoms with Crippen LogP contribution >= 0.6 is 11.7 Å². The van der Waals surface area contributed by atoms with Crippen LogP contribution in [0.2, 0.25) is 0 Å². The number of anilines is 1. The van der Waals surface area contributed by atoms with Gasteiger partial charge in [0.15, 0.2) is 5.69 Å². The third-order valence-electron chi connectivity index (χ3n) is 1.78. The van der Waals surface area contributed by atoms with Gasteiger partial charge in [-0.3, -0.25) is 9.89 Å². The Balaban J connectivity index is 1.95. The molecule has 0 saturated carbocycles. The van der Waals surface area contributed by atoms with Crippen molar-refractivity contribution in [1.29, 1.82) is 0 Å². The van der Waals surface area contributed by atoms with Crippen molar-refractivity contribution in [2.45, 2.75) is 6.54 Å². The van der Waals surface area contributed by atoms with Crippen molar-refractivity contribution in [3.05, 3.63) is 23.7 Å². The van der Waals surface area contributed by atoms with E-state index in [4.69, 9.17) is 5.73 Å². The van der Waals surface area contributed by atoms with E-state index < -0.39 is 0 Å². The standard InChI is InChI=1S/C7H8N6OS/c8-6-4(2-10-12-6)1-9-7(14)5-3-11-15-13-5/h2-3H,1H2,(H,9,14)(H3,8,10,12). The monoisotopic (exact) mass is 224 g/mol. The van der Waals surface area contributed by atoms with Crippen LogP contribution in [-0.2, 0) is 6.54 Å². The maximum absolute atomic E-state index is 11.4. The van der Waals surface area contributed by atoms with Gasteiger partial charge in [-0.25, -0.2) is 0 Å². The molecule has 15 heavy (non-hydrogen) atoms. The quantitative estimate of drug-likeness (QED) is 0.667. The van der Waals surface area contributed by atoms with E-state index in [0.717, 1.165) is 17.3 Å². The number of carbonyl (C=O) groups is 1. The molecule has 7 nitrogen and oxygen atoms in total. The average Bonchev–Trinajstić information content (AvgIpc) is 2.85. The Kier molecular flexibility index (Phi) is 2.59.